The van der Waals surface area contributed by atoms with Crippen molar-refractivity contribution in [2.75, 3.05) is 12.0 Å². The quantitative estimate of drug-likeness (QED) is 0.641. The van der Waals surface area contributed by atoms with Gasteiger partial charge in [-0.05, 0) is 36.1 Å². The topological polar surface area (TPSA) is 92.6 Å². The monoisotopic (exact) mass is 413 g/mol. The standard InChI is InChI=1S/C19H15N3O4S2/c1-10-20-21-19(28-10)22-15(11-5-7-12(26-2)8-6-11)14(17(24)18(22)25)16(23)13-4-3-9-27-13/h3-9,15,24H,1-2H3/t15-/m1/s1. The van der Waals surface area contributed by atoms with Crippen molar-refractivity contribution in [3.63, 3.8) is 0 Å². The Morgan fingerprint density at radius 2 is 1.96 bits per heavy atom. The van der Waals surface area contributed by atoms with Crippen LogP contribution in [0.1, 0.15) is 26.3 Å². The molecular weight excluding hydrogens is 398 g/mol. The van der Waals surface area contributed by atoms with Crippen molar-refractivity contribution >= 4 is 39.5 Å². The summed E-state index contributed by atoms with van der Waals surface area (Å²) in [6.07, 6.45) is 0. The van der Waals surface area contributed by atoms with E-state index >= 15 is 0 Å². The molecule has 1 N–H and O–H groups in total. The van der Waals surface area contributed by atoms with Crippen molar-refractivity contribution in [2.24, 2.45) is 0 Å². The lowest BCUT2D eigenvalue weighted by Crippen LogP contribution is -2.31. The Balaban J connectivity index is 1.86. The van der Waals surface area contributed by atoms with Crippen LogP contribution in [0.5, 0.6) is 5.75 Å². The Morgan fingerprint density at radius 1 is 1.21 bits per heavy atom. The lowest BCUT2D eigenvalue weighted by Gasteiger charge is -2.24. The first kappa shape index (κ1) is 18.3. The number of methoxy groups -OCH3 is 1. The minimum absolute atomic E-state index is 0.0328. The van der Waals surface area contributed by atoms with E-state index in [9.17, 15) is 14.7 Å². The molecule has 1 aliphatic heterocycles. The number of anilines is 1. The fourth-order valence-corrected chi connectivity index (χ4v) is 4.45. The third-order valence-electron chi connectivity index (χ3n) is 4.35. The summed E-state index contributed by atoms with van der Waals surface area (Å²) in [5.74, 6) is -0.972. The third kappa shape index (κ3) is 2.98. The van der Waals surface area contributed by atoms with Crippen LogP contribution in [0.3, 0.4) is 0 Å². The minimum Gasteiger partial charge on any atom is -0.503 e. The first-order chi connectivity index (χ1) is 13.5. The lowest BCUT2D eigenvalue weighted by molar-refractivity contribution is -0.117. The van der Waals surface area contributed by atoms with E-state index in [0.29, 0.717) is 26.3 Å². The van der Waals surface area contributed by atoms with E-state index in [-0.39, 0.29) is 11.4 Å². The maximum atomic E-state index is 13.1. The second-order valence-corrected chi connectivity index (χ2v) is 8.13. The van der Waals surface area contributed by atoms with Crippen LogP contribution in [0.4, 0.5) is 5.13 Å². The minimum atomic E-state index is -0.805. The van der Waals surface area contributed by atoms with E-state index in [1.807, 2.05) is 0 Å². The number of benzene rings is 1. The van der Waals surface area contributed by atoms with Crippen LogP contribution >= 0.6 is 22.7 Å². The maximum absolute atomic E-state index is 13.1. The number of carbonyl (C=O) groups excluding carboxylic acids is 2. The summed E-state index contributed by atoms with van der Waals surface area (Å²) in [6, 6.07) is 9.62. The average Bonchev–Trinajstić information content (AvgIpc) is 3.43. The second-order valence-electron chi connectivity index (χ2n) is 6.02. The molecule has 1 aromatic carbocycles. The number of ketones is 1. The summed E-state index contributed by atoms with van der Waals surface area (Å²) in [6.45, 7) is 1.77. The van der Waals surface area contributed by atoms with Gasteiger partial charge in [-0.2, -0.15) is 0 Å². The van der Waals surface area contributed by atoms with Gasteiger partial charge in [-0.1, -0.05) is 29.5 Å². The second kappa shape index (κ2) is 7.17. The number of Topliss-reactive ketones (excluding diaryl/α,β-unsaturated/α-hetero) is 1. The summed E-state index contributed by atoms with van der Waals surface area (Å²) < 4.78 is 5.19. The lowest BCUT2D eigenvalue weighted by atomic mass is 9.95. The highest BCUT2D eigenvalue weighted by molar-refractivity contribution is 7.15. The Morgan fingerprint density at radius 3 is 2.54 bits per heavy atom. The first-order valence-electron chi connectivity index (χ1n) is 8.30. The number of ether oxygens (including phenoxy) is 1. The number of aryl methyl sites for hydroxylation is 1. The van der Waals surface area contributed by atoms with Crippen LogP contribution in [-0.2, 0) is 4.79 Å². The molecule has 7 nitrogen and oxygen atoms in total. The molecule has 4 rings (SSSR count). The SMILES string of the molecule is COc1ccc([C@@H]2C(C(=O)c3cccs3)=C(O)C(=O)N2c2nnc(C)s2)cc1. The molecule has 0 spiro atoms. The Hall–Kier alpha value is -3.04. The summed E-state index contributed by atoms with van der Waals surface area (Å²) in [4.78, 5) is 27.8. The Labute approximate surface area is 168 Å². The summed E-state index contributed by atoms with van der Waals surface area (Å²) in [7, 11) is 1.56. The van der Waals surface area contributed by atoms with Gasteiger partial charge in [-0.25, -0.2) is 0 Å². The number of nitrogens with zero attached hydrogens (tertiary/aromatic N) is 3. The van der Waals surface area contributed by atoms with Gasteiger partial charge in [0.25, 0.3) is 5.91 Å². The number of aromatic nitrogens is 2. The molecule has 0 fully saturated rings. The molecule has 0 aliphatic carbocycles. The molecule has 2 aromatic heterocycles. The molecule has 3 aromatic rings. The van der Waals surface area contributed by atoms with Crippen molar-refractivity contribution in [1.29, 1.82) is 0 Å². The van der Waals surface area contributed by atoms with Gasteiger partial charge >= 0.3 is 0 Å². The van der Waals surface area contributed by atoms with Crippen LogP contribution in [0, 0.1) is 6.92 Å². The van der Waals surface area contributed by atoms with Crippen molar-refractivity contribution < 1.29 is 19.4 Å². The predicted molar refractivity (Wildman–Crippen MR) is 106 cm³/mol. The van der Waals surface area contributed by atoms with Crippen molar-refractivity contribution in [3.05, 3.63) is 68.6 Å². The number of thiophene rings is 1. The van der Waals surface area contributed by atoms with Crippen molar-refractivity contribution in [2.45, 2.75) is 13.0 Å². The number of carbonyl (C=O) groups is 2. The number of amides is 1. The third-order valence-corrected chi connectivity index (χ3v) is 6.06. The smallest absolute Gasteiger partial charge is 0.296 e. The van der Waals surface area contributed by atoms with Gasteiger partial charge in [-0.3, -0.25) is 14.5 Å². The zero-order chi connectivity index (χ0) is 19.8. The molecule has 0 saturated carbocycles. The molecule has 0 saturated heterocycles. The van der Waals surface area contributed by atoms with Crippen LogP contribution in [0.25, 0.3) is 0 Å². The van der Waals surface area contributed by atoms with E-state index in [4.69, 9.17) is 4.74 Å². The fourth-order valence-electron chi connectivity index (χ4n) is 3.06. The molecule has 28 heavy (non-hydrogen) atoms. The Bertz CT molecular complexity index is 1070. The van der Waals surface area contributed by atoms with Gasteiger partial charge in [0.1, 0.15) is 10.8 Å². The van der Waals surface area contributed by atoms with Crippen molar-refractivity contribution in [3.8, 4) is 5.75 Å². The highest BCUT2D eigenvalue weighted by Crippen LogP contribution is 2.43. The molecule has 142 valence electrons. The zero-order valence-electron chi connectivity index (χ0n) is 14.9. The van der Waals surface area contributed by atoms with Gasteiger partial charge in [0.2, 0.25) is 10.9 Å². The Kier molecular flexibility index (Phi) is 4.70. The van der Waals surface area contributed by atoms with Crippen LogP contribution in [0.15, 0.2) is 53.1 Å². The average molecular weight is 413 g/mol. The normalized spacial score (nSPS) is 16.7. The fraction of sp³-hybridized carbons (Fsp3) is 0.158. The maximum Gasteiger partial charge on any atom is 0.296 e. The number of hydrogen-bond acceptors (Lipinski definition) is 8. The molecule has 1 amide bonds. The van der Waals surface area contributed by atoms with E-state index in [1.54, 1.807) is 55.8 Å². The van der Waals surface area contributed by atoms with Gasteiger partial charge in [-0.15, -0.1) is 21.5 Å². The van der Waals surface area contributed by atoms with Crippen LogP contribution < -0.4 is 9.64 Å². The van der Waals surface area contributed by atoms with Gasteiger partial charge < -0.3 is 9.84 Å². The largest absolute Gasteiger partial charge is 0.503 e. The van der Waals surface area contributed by atoms with E-state index in [0.717, 1.165) is 0 Å². The summed E-state index contributed by atoms with van der Waals surface area (Å²) >= 11 is 2.48. The highest BCUT2D eigenvalue weighted by atomic mass is 32.1. The molecule has 3 heterocycles. The van der Waals surface area contributed by atoms with Crippen LogP contribution in [-0.4, -0.2) is 34.1 Å². The summed E-state index contributed by atoms with van der Waals surface area (Å²) in [5, 5.41) is 21.4. The molecule has 1 atom stereocenters. The van der Waals surface area contributed by atoms with Gasteiger partial charge in [0.05, 0.1) is 23.6 Å². The number of rotatable bonds is 5. The zero-order valence-corrected chi connectivity index (χ0v) is 16.6. The van der Waals surface area contributed by atoms with E-state index in [2.05, 4.69) is 10.2 Å². The predicted octanol–water partition coefficient (Wildman–Crippen LogP) is 3.70. The molecular formula is C19H15N3O4S2. The van der Waals surface area contributed by atoms with E-state index in [1.165, 1.54) is 27.6 Å². The molecule has 9 heteroatoms. The first-order valence-corrected chi connectivity index (χ1v) is 10.00. The van der Waals surface area contributed by atoms with Gasteiger partial charge in [0, 0.05) is 0 Å². The molecule has 0 bridgehead atoms. The highest BCUT2D eigenvalue weighted by Gasteiger charge is 2.46. The van der Waals surface area contributed by atoms with Gasteiger partial charge in [0.15, 0.2) is 5.76 Å². The molecule has 0 unspecified atom stereocenters. The summed E-state index contributed by atoms with van der Waals surface area (Å²) in [5.41, 5.74) is 0.691. The molecule has 1 aliphatic rings. The number of aliphatic hydroxyl groups excluding tert-OH is 1. The number of hydrogen-bond donors (Lipinski definition) is 1. The van der Waals surface area contributed by atoms with E-state index < -0.39 is 17.7 Å². The van der Waals surface area contributed by atoms with Crippen LogP contribution in [0.2, 0.25) is 0 Å². The number of aliphatic hydroxyl groups is 1. The molecule has 0 radical (unpaired) electrons. The van der Waals surface area contributed by atoms with Crippen molar-refractivity contribution in [1.82, 2.24) is 10.2 Å².